The summed E-state index contributed by atoms with van der Waals surface area (Å²) in [5.74, 6) is 2.21. The third-order valence-corrected chi connectivity index (χ3v) is 3.12. The first kappa shape index (κ1) is 11.0. The van der Waals surface area contributed by atoms with Gasteiger partial charge in [0.25, 0.3) is 0 Å². The highest BCUT2D eigenvalue weighted by Gasteiger charge is 2.10. The van der Waals surface area contributed by atoms with Crippen LogP contribution in [-0.2, 0) is 5.75 Å². The zero-order valence-electron chi connectivity index (χ0n) is 9.31. The summed E-state index contributed by atoms with van der Waals surface area (Å²) in [6.45, 7) is 0. The van der Waals surface area contributed by atoms with E-state index in [4.69, 9.17) is 8.94 Å². The SMILES string of the molecule is c1ccc(SCc2nc(-c3ccco3)no2)nc1. The second kappa shape index (κ2) is 5.05. The van der Waals surface area contributed by atoms with Crippen molar-refractivity contribution in [3.63, 3.8) is 0 Å². The van der Waals surface area contributed by atoms with Gasteiger partial charge in [-0.15, -0.1) is 0 Å². The van der Waals surface area contributed by atoms with Crippen LogP contribution < -0.4 is 0 Å². The molecule has 0 saturated carbocycles. The molecule has 3 rings (SSSR count). The maximum atomic E-state index is 5.19. The number of thioether (sulfide) groups is 1. The van der Waals surface area contributed by atoms with Crippen molar-refractivity contribution >= 4 is 11.8 Å². The zero-order chi connectivity index (χ0) is 12.2. The quantitative estimate of drug-likeness (QED) is 0.671. The number of pyridine rings is 1. The summed E-state index contributed by atoms with van der Waals surface area (Å²) in [5.41, 5.74) is 0. The Morgan fingerprint density at radius 2 is 2.17 bits per heavy atom. The third-order valence-electron chi connectivity index (χ3n) is 2.19. The Morgan fingerprint density at radius 1 is 1.17 bits per heavy atom. The molecule has 0 aliphatic heterocycles. The molecule has 0 bridgehead atoms. The first-order valence-electron chi connectivity index (χ1n) is 5.32. The molecule has 3 aromatic heterocycles. The molecule has 3 heterocycles. The Labute approximate surface area is 107 Å². The molecule has 0 N–H and O–H groups in total. The van der Waals surface area contributed by atoms with Crippen LogP contribution in [0.25, 0.3) is 11.6 Å². The van der Waals surface area contributed by atoms with E-state index in [-0.39, 0.29) is 0 Å². The average molecular weight is 259 g/mol. The summed E-state index contributed by atoms with van der Waals surface area (Å²) in [5, 5.41) is 4.78. The molecule has 0 aromatic carbocycles. The molecule has 3 aromatic rings. The molecule has 0 saturated heterocycles. The van der Waals surface area contributed by atoms with Crippen molar-refractivity contribution < 1.29 is 8.94 Å². The number of nitrogens with zero attached hydrogens (tertiary/aromatic N) is 3. The van der Waals surface area contributed by atoms with E-state index in [1.165, 1.54) is 0 Å². The van der Waals surface area contributed by atoms with E-state index in [0.717, 1.165) is 5.03 Å². The summed E-state index contributed by atoms with van der Waals surface area (Å²) in [6.07, 6.45) is 3.33. The summed E-state index contributed by atoms with van der Waals surface area (Å²) < 4.78 is 10.3. The minimum absolute atomic E-state index is 0.469. The fourth-order valence-corrected chi connectivity index (χ4v) is 2.09. The minimum Gasteiger partial charge on any atom is -0.461 e. The van der Waals surface area contributed by atoms with Gasteiger partial charge in [-0.2, -0.15) is 4.98 Å². The van der Waals surface area contributed by atoms with Crippen LogP contribution in [0.3, 0.4) is 0 Å². The van der Waals surface area contributed by atoms with E-state index < -0.39 is 0 Å². The standard InChI is InChI=1S/C12H9N3O2S/c1-2-6-13-11(5-1)18-8-10-14-12(15-17-10)9-4-3-7-16-9/h1-7H,8H2. The van der Waals surface area contributed by atoms with E-state index in [9.17, 15) is 0 Å². The van der Waals surface area contributed by atoms with Crippen molar-refractivity contribution in [1.82, 2.24) is 15.1 Å². The predicted octanol–water partition coefficient (Wildman–Crippen LogP) is 3.02. The maximum absolute atomic E-state index is 5.19. The Morgan fingerprint density at radius 3 is 2.94 bits per heavy atom. The minimum atomic E-state index is 0.469. The number of aromatic nitrogens is 3. The summed E-state index contributed by atoms with van der Waals surface area (Å²) in [7, 11) is 0. The molecular weight excluding hydrogens is 250 g/mol. The lowest BCUT2D eigenvalue weighted by molar-refractivity contribution is 0.390. The second-order valence-corrected chi connectivity index (χ2v) is 4.44. The fraction of sp³-hybridized carbons (Fsp3) is 0.0833. The van der Waals surface area contributed by atoms with Gasteiger partial charge in [-0.05, 0) is 24.3 Å². The fourth-order valence-electron chi connectivity index (χ4n) is 1.39. The number of hydrogen-bond donors (Lipinski definition) is 0. The molecule has 0 radical (unpaired) electrons. The smallest absolute Gasteiger partial charge is 0.238 e. The molecule has 6 heteroatoms. The molecule has 0 amide bonds. The highest BCUT2D eigenvalue weighted by Crippen LogP contribution is 2.21. The number of rotatable bonds is 4. The average Bonchev–Trinajstić information content (AvgIpc) is 3.08. The van der Waals surface area contributed by atoms with Gasteiger partial charge in [0.05, 0.1) is 17.0 Å². The van der Waals surface area contributed by atoms with Crippen molar-refractivity contribution in [2.45, 2.75) is 10.8 Å². The van der Waals surface area contributed by atoms with E-state index in [1.807, 2.05) is 18.2 Å². The lowest BCUT2D eigenvalue weighted by atomic mass is 10.4. The molecular formula is C12H9N3O2S. The van der Waals surface area contributed by atoms with Crippen LogP contribution in [0.15, 0.2) is 56.8 Å². The van der Waals surface area contributed by atoms with Gasteiger partial charge in [0.2, 0.25) is 11.7 Å². The largest absolute Gasteiger partial charge is 0.461 e. The summed E-state index contributed by atoms with van der Waals surface area (Å²) >= 11 is 1.55. The van der Waals surface area contributed by atoms with Gasteiger partial charge in [0.15, 0.2) is 5.76 Å². The van der Waals surface area contributed by atoms with E-state index in [0.29, 0.717) is 23.2 Å². The van der Waals surface area contributed by atoms with Crippen LogP contribution in [0, 0.1) is 0 Å². The Hall–Kier alpha value is -2.08. The second-order valence-electron chi connectivity index (χ2n) is 3.45. The molecule has 18 heavy (non-hydrogen) atoms. The maximum Gasteiger partial charge on any atom is 0.238 e. The molecule has 0 aliphatic rings. The van der Waals surface area contributed by atoms with E-state index in [1.54, 1.807) is 36.4 Å². The third kappa shape index (κ3) is 2.43. The summed E-state index contributed by atoms with van der Waals surface area (Å²) in [6, 6.07) is 9.34. The molecule has 0 fully saturated rings. The monoisotopic (exact) mass is 259 g/mol. The molecule has 5 nitrogen and oxygen atoms in total. The topological polar surface area (TPSA) is 65.0 Å². The van der Waals surface area contributed by atoms with Gasteiger partial charge in [0.1, 0.15) is 0 Å². The van der Waals surface area contributed by atoms with Crippen molar-refractivity contribution in [2.24, 2.45) is 0 Å². The summed E-state index contributed by atoms with van der Waals surface area (Å²) in [4.78, 5) is 8.45. The van der Waals surface area contributed by atoms with Gasteiger partial charge in [-0.3, -0.25) is 0 Å². The van der Waals surface area contributed by atoms with Gasteiger partial charge in [-0.1, -0.05) is 23.0 Å². The Kier molecular flexibility index (Phi) is 3.10. The Balaban J connectivity index is 1.68. The number of furan rings is 1. The molecule has 0 unspecified atom stereocenters. The molecule has 90 valence electrons. The highest BCUT2D eigenvalue weighted by atomic mass is 32.2. The van der Waals surface area contributed by atoms with Crippen LogP contribution in [-0.4, -0.2) is 15.1 Å². The van der Waals surface area contributed by atoms with Crippen molar-refractivity contribution in [3.05, 3.63) is 48.7 Å². The van der Waals surface area contributed by atoms with Gasteiger partial charge >= 0.3 is 0 Å². The van der Waals surface area contributed by atoms with Gasteiger partial charge in [0, 0.05) is 6.20 Å². The van der Waals surface area contributed by atoms with E-state index >= 15 is 0 Å². The van der Waals surface area contributed by atoms with E-state index in [2.05, 4.69) is 15.1 Å². The lowest BCUT2D eigenvalue weighted by Crippen LogP contribution is -1.83. The van der Waals surface area contributed by atoms with Crippen LogP contribution in [0.5, 0.6) is 0 Å². The molecule has 0 atom stereocenters. The Bertz CT molecular complexity index is 607. The van der Waals surface area contributed by atoms with Gasteiger partial charge < -0.3 is 8.94 Å². The van der Waals surface area contributed by atoms with Crippen LogP contribution >= 0.6 is 11.8 Å². The predicted molar refractivity (Wildman–Crippen MR) is 65.8 cm³/mol. The normalized spacial score (nSPS) is 10.7. The van der Waals surface area contributed by atoms with Crippen LogP contribution in [0.4, 0.5) is 0 Å². The first-order chi connectivity index (χ1) is 8.92. The van der Waals surface area contributed by atoms with Crippen molar-refractivity contribution in [2.75, 3.05) is 0 Å². The van der Waals surface area contributed by atoms with Crippen molar-refractivity contribution in [3.8, 4) is 11.6 Å². The molecule has 0 aliphatic carbocycles. The van der Waals surface area contributed by atoms with Crippen LogP contribution in [0.1, 0.15) is 5.89 Å². The van der Waals surface area contributed by atoms with Gasteiger partial charge in [-0.25, -0.2) is 4.98 Å². The lowest BCUT2D eigenvalue weighted by Gasteiger charge is -1.94. The highest BCUT2D eigenvalue weighted by molar-refractivity contribution is 7.98. The van der Waals surface area contributed by atoms with Crippen LogP contribution in [0.2, 0.25) is 0 Å². The zero-order valence-corrected chi connectivity index (χ0v) is 10.1. The molecule has 0 spiro atoms. The number of hydrogen-bond acceptors (Lipinski definition) is 6. The van der Waals surface area contributed by atoms with Crippen molar-refractivity contribution in [1.29, 1.82) is 0 Å². The first-order valence-corrected chi connectivity index (χ1v) is 6.31.